The molecule has 0 fully saturated rings. The van der Waals surface area contributed by atoms with Gasteiger partial charge >= 0.3 is 5.97 Å². The van der Waals surface area contributed by atoms with Gasteiger partial charge in [-0.25, -0.2) is 14.8 Å². The molecule has 0 aliphatic carbocycles. The van der Waals surface area contributed by atoms with Crippen LogP contribution in [0.5, 0.6) is 5.75 Å². The molecule has 0 saturated carbocycles. The number of carbonyl (C=O) groups excluding carboxylic acids is 1. The Morgan fingerprint density at radius 2 is 1.44 bits per heavy atom. The van der Waals surface area contributed by atoms with E-state index in [0.717, 1.165) is 48.8 Å². The minimum atomic E-state index is -0.652. The number of aromatic nitrogens is 2. The quantitative estimate of drug-likeness (QED) is 0.202. The molecule has 5 nitrogen and oxygen atoms in total. The van der Waals surface area contributed by atoms with Crippen molar-refractivity contribution >= 4 is 5.97 Å². The molecule has 0 aliphatic rings. The maximum atomic E-state index is 12.1. The van der Waals surface area contributed by atoms with E-state index in [1.54, 1.807) is 6.92 Å². The first-order valence-corrected chi connectivity index (χ1v) is 12.5. The highest BCUT2D eigenvalue weighted by atomic mass is 16.6. The van der Waals surface area contributed by atoms with Gasteiger partial charge < -0.3 is 9.47 Å². The number of benzene rings is 2. The van der Waals surface area contributed by atoms with Crippen LogP contribution >= 0.6 is 0 Å². The van der Waals surface area contributed by atoms with Crippen molar-refractivity contribution in [2.45, 2.75) is 71.8 Å². The van der Waals surface area contributed by atoms with E-state index < -0.39 is 6.10 Å². The minimum absolute atomic E-state index is 0.335. The molecule has 0 bridgehead atoms. The molecule has 0 radical (unpaired) electrons. The molecule has 1 aromatic heterocycles. The lowest BCUT2D eigenvalue weighted by Crippen LogP contribution is -2.26. The summed E-state index contributed by atoms with van der Waals surface area (Å²) in [6.07, 6.45) is 10.9. The first kappa shape index (κ1) is 25.4. The van der Waals surface area contributed by atoms with Crippen LogP contribution in [-0.4, -0.2) is 28.6 Å². The first-order valence-electron chi connectivity index (χ1n) is 12.5. The third-order valence-corrected chi connectivity index (χ3v) is 5.76. The van der Waals surface area contributed by atoms with Gasteiger partial charge in [0.15, 0.2) is 11.9 Å². The average Bonchev–Trinajstić information content (AvgIpc) is 2.88. The fraction of sp³-hybridized carbons (Fsp3) is 0.414. The van der Waals surface area contributed by atoms with Crippen LogP contribution in [-0.2, 0) is 16.0 Å². The van der Waals surface area contributed by atoms with Crippen LogP contribution < -0.4 is 4.74 Å². The van der Waals surface area contributed by atoms with Gasteiger partial charge in [0.1, 0.15) is 5.75 Å². The Morgan fingerprint density at radius 3 is 2.09 bits per heavy atom. The number of unbranched alkanes of at least 4 members (excludes halogenated alkanes) is 4. The molecule has 2 aromatic carbocycles. The predicted molar refractivity (Wildman–Crippen MR) is 137 cm³/mol. The average molecular weight is 461 g/mol. The normalized spacial score (nSPS) is 11.7. The number of nitrogens with zero attached hydrogens (tertiary/aromatic N) is 2. The van der Waals surface area contributed by atoms with E-state index >= 15 is 0 Å². The summed E-state index contributed by atoms with van der Waals surface area (Å²) < 4.78 is 11.0. The van der Waals surface area contributed by atoms with Crippen LogP contribution in [0.25, 0.3) is 22.5 Å². The lowest BCUT2D eigenvalue weighted by Gasteiger charge is -2.14. The molecule has 1 heterocycles. The van der Waals surface area contributed by atoms with E-state index in [9.17, 15) is 4.79 Å². The molecule has 0 spiro atoms. The third-order valence-electron chi connectivity index (χ3n) is 5.76. The molecule has 180 valence electrons. The Morgan fingerprint density at radius 1 is 0.794 bits per heavy atom. The SMILES string of the molecule is CCCCCCOC(=O)C(C)Oc1ccc(-c2ncc(-c3ccc(CCCC)cc3)cn2)cc1. The zero-order chi connectivity index (χ0) is 24.2. The molecule has 0 aliphatic heterocycles. The molecular weight excluding hydrogens is 424 g/mol. The number of esters is 1. The highest BCUT2D eigenvalue weighted by Gasteiger charge is 2.16. The van der Waals surface area contributed by atoms with Crippen LogP contribution in [0.15, 0.2) is 60.9 Å². The van der Waals surface area contributed by atoms with Gasteiger partial charge in [-0.05, 0) is 61.6 Å². The largest absolute Gasteiger partial charge is 0.479 e. The van der Waals surface area contributed by atoms with Gasteiger partial charge in [0.05, 0.1) is 6.61 Å². The molecule has 0 saturated heterocycles. The summed E-state index contributed by atoms with van der Waals surface area (Å²) in [6, 6.07) is 16.1. The Balaban J connectivity index is 1.53. The predicted octanol–water partition coefficient (Wildman–Crippen LogP) is 7.04. The summed E-state index contributed by atoms with van der Waals surface area (Å²) in [7, 11) is 0. The highest BCUT2D eigenvalue weighted by Crippen LogP contribution is 2.23. The van der Waals surface area contributed by atoms with Gasteiger partial charge in [-0.1, -0.05) is 63.8 Å². The Bertz CT molecular complexity index is 999. The molecule has 0 amide bonds. The van der Waals surface area contributed by atoms with Crippen LogP contribution in [0, 0.1) is 0 Å². The standard InChI is InChI=1S/C29H36N2O3/c1-4-6-8-9-19-33-29(32)22(3)34-27-17-15-25(16-18-27)28-30-20-26(21-31-28)24-13-11-23(12-14-24)10-7-5-2/h11-18,20-22H,4-10,19H2,1-3H3. The van der Waals surface area contributed by atoms with Gasteiger partial charge in [-0.2, -0.15) is 0 Å². The first-order chi connectivity index (χ1) is 16.6. The zero-order valence-electron chi connectivity index (χ0n) is 20.6. The second kappa shape index (κ2) is 13.5. The summed E-state index contributed by atoms with van der Waals surface area (Å²) >= 11 is 0. The van der Waals surface area contributed by atoms with Gasteiger partial charge in [0, 0.05) is 23.5 Å². The molecule has 0 N–H and O–H groups in total. The number of carbonyl (C=O) groups is 1. The minimum Gasteiger partial charge on any atom is -0.479 e. The molecule has 34 heavy (non-hydrogen) atoms. The van der Waals surface area contributed by atoms with Crippen molar-refractivity contribution in [1.82, 2.24) is 9.97 Å². The molecule has 5 heteroatoms. The lowest BCUT2D eigenvalue weighted by atomic mass is 10.0. The van der Waals surface area contributed by atoms with Crippen molar-refractivity contribution in [3.05, 3.63) is 66.5 Å². The topological polar surface area (TPSA) is 61.3 Å². The van der Waals surface area contributed by atoms with Crippen molar-refractivity contribution in [2.24, 2.45) is 0 Å². The maximum Gasteiger partial charge on any atom is 0.347 e. The van der Waals surface area contributed by atoms with E-state index in [1.807, 2.05) is 36.7 Å². The summed E-state index contributed by atoms with van der Waals surface area (Å²) in [5.41, 5.74) is 4.36. The Kier molecular flexibility index (Phi) is 10.1. The number of rotatable bonds is 13. The summed E-state index contributed by atoms with van der Waals surface area (Å²) in [5, 5.41) is 0. The third kappa shape index (κ3) is 7.68. The van der Waals surface area contributed by atoms with Crippen LogP contribution in [0.2, 0.25) is 0 Å². The van der Waals surface area contributed by atoms with Crippen LogP contribution in [0.4, 0.5) is 0 Å². The Hall–Kier alpha value is -3.21. The molecular formula is C29H36N2O3. The van der Waals surface area contributed by atoms with Crippen molar-refractivity contribution in [1.29, 1.82) is 0 Å². The van der Waals surface area contributed by atoms with Gasteiger partial charge in [0.2, 0.25) is 0 Å². The van der Waals surface area contributed by atoms with Gasteiger partial charge in [0.25, 0.3) is 0 Å². The fourth-order valence-electron chi connectivity index (χ4n) is 3.62. The van der Waals surface area contributed by atoms with Gasteiger partial charge in [-0.3, -0.25) is 0 Å². The monoisotopic (exact) mass is 460 g/mol. The van der Waals surface area contributed by atoms with E-state index in [2.05, 4.69) is 48.1 Å². The number of hydrogen-bond acceptors (Lipinski definition) is 5. The summed E-state index contributed by atoms with van der Waals surface area (Å²) in [6.45, 7) is 6.52. The van der Waals surface area contributed by atoms with Crippen molar-refractivity contribution in [3.8, 4) is 28.3 Å². The molecule has 1 atom stereocenters. The summed E-state index contributed by atoms with van der Waals surface area (Å²) in [5.74, 6) is 0.922. The Labute approximate surface area is 203 Å². The second-order valence-corrected chi connectivity index (χ2v) is 8.61. The zero-order valence-corrected chi connectivity index (χ0v) is 20.6. The van der Waals surface area contributed by atoms with E-state index in [4.69, 9.17) is 9.47 Å². The number of ether oxygens (including phenoxy) is 2. The van der Waals surface area contributed by atoms with Crippen LogP contribution in [0.3, 0.4) is 0 Å². The van der Waals surface area contributed by atoms with Gasteiger partial charge in [-0.15, -0.1) is 0 Å². The smallest absolute Gasteiger partial charge is 0.347 e. The molecule has 3 aromatic rings. The fourth-order valence-corrected chi connectivity index (χ4v) is 3.62. The lowest BCUT2D eigenvalue weighted by molar-refractivity contribution is -0.151. The maximum absolute atomic E-state index is 12.1. The number of hydrogen-bond donors (Lipinski definition) is 0. The molecule has 1 unspecified atom stereocenters. The van der Waals surface area contributed by atoms with E-state index in [0.29, 0.717) is 18.2 Å². The van der Waals surface area contributed by atoms with E-state index in [-0.39, 0.29) is 5.97 Å². The number of aryl methyl sites for hydroxylation is 1. The van der Waals surface area contributed by atoms with Crippen LogP contribution in [0.1, 0.15) is 64.9 Å². The highest BCUT2D eigenvalue weighted by molar-refractivity contribution is 5.74. The second-order valence-electron chi connectivity index (χ2n) is 8.61. The van der Waals surface area contributed by atoms with Crippen molar-refractivity contribution < 1.29 is 14.3 Å². The van der Waals surface area contributed by atoms with E-state index in [1.165, 1.54) is 18.4 Å². The van der Waals surface area contributed by atoms with Crippen molar-refractivity contribution in [3.63, 3.8) is 0 Å². The van der Waals surface area contributed by atoms with Crippen molar-refractivity contribution in [2.75, 3.05) is 6.61 Å². The molecule has 3 rings (SSSR count). The summed E-state index contributed by atoms with van der Waals surface area (Å²) in [4.78, 5) is 21.2.